The third-order valence-corrected chi connectivity index (χ3v) is 3.16. The highest BCUT2D eigenvalue weighted by molar-refractivity contribution is 7.97. The van der Waals surface area contributed by atoms with Crippen LogP contribution in [0.15, 0.2) is 41.2 Å². The fraction of sp³-hybridized carbons (Fsp3) is 0.214. The number of thioether (sulfide) groups is 1. The molecule has 20 heavy (non-hydrogen) atoms. The van der Waals surface area contributed by atoms with E-state index in [1.165, 1.54) is 17.8 Å². The highest BCUT2D eigenvalue weighted by Gasteiger charge is 2.09. The van der Waals surface area contributed by atoms with E-state index in [0.29, 0.717) is 18.1 Å². The summed E-state index contributed by atoms with van der Waals surface area (Å²) in [5, 5.41) is 2.75. The van der Waals surface area contributed by atoms with Gasteiger partial charge in [-0.1, -0.05) is 30.3 Å². The number of carbonyl (C=O) groups is 1. The van der Waals surface area contributed by atoms with Gasteiger partial charge in [-0.25, -0.2) is 4.98 Å². The Morgan fingerprint density at radius 3 is 2.80 bits per heavy atom. The van der Waals surface area contributed by atoms with Crippen LogP contribution in [0.5, 0.6) is 0 Å². The minimum absolute atomic E-state index is 0.147. The van der Waals surface area contributed by atoms with Gasteiger partial charge >= 0.3 is 0 Å². The molecule has 0 aliphatic rings. The van der Waals surface area contributed by atoms with Crippen molar-refractivity contribution in [1.29, 1.82) is 0 Å². The second-order valence-electron chi connectivity index (χ2n) is 4.18. The van der Waals surface area contributed by atoms with E-state index in [1.54, 1.807) is 0 Å². The van der Waals surface area contributed by atoms with Crippen LogP contribution >= 0.6 is 11.8 Å². The monoisotopic (exact) mass is 289 g/mol. The largest absolute Gasteiger partial charge is 0.347 e. The van der Waals surface area contributed by atoms with E-state index in [0.717, 1.165) is 5.56 Å². The van der Waals surface area contributed by atoms with Crippen molar-refractivity contribution in [2.75, 3.05) is 6.26 Å². The lowest BCUT2D eigenvalue weighted by atomic mass is 10.2. The number of hydrogen-bond acceptors (Lipinski definition) is 4. The molecule has 5 nitrogen and oxygen atoms in total. The first-order valence-electron chi connectivity index (χ1n) is 6.10. The van der Waals surface area contributed by atoms with Crippen LogP contribution in [-0.2, 0) is 12.3 Å². The number of nitrogens with one attached hydrogen (secondary N) is 2. The molecule has 0 unspecified atom stereocenters. The third-order valence-electron chi connectivity index (χ3n) is 2.60. The maximum absolute atomic E-state index is 12.0. The van der Waals surface area contributed by atoms with E-state index in [9.17, 15) is 9.59 Å². The molecular formula is C14H15N3O2S. The van der Waals surface area contributed by atoms with Crippen molar-refractivity contribution in [2.45, 2.75) is 12.3 Å². The average molecular weight is 289 g/mol. The van der Waals surface area contributed by atoms with Crippen molar-refractivity contribution in [3.63, 3.8) is 0 Å². The van der Waals surface area contributed by atoms with Crippen LogP contribution in [0.3, 0.4) is 0 Å². The lowest BCUT2D eigenvalue weighted by Gasteiger charge is -2.05. The fourth-order valence-electron chi connectivity index (χ4n) is 1.70. The summed E-state index contributed by atoms with van der Waals surface area (Å²) < 4.78 is 0. The normalized spacial score (nSPS) is 10.2. The Hall–Kier alpha value is -2.08. The van der Waals surface area contributed by atoms with Crippen molar-refractivity contribution in [1.82, 2.24) is 15.3 Å². The lowest BCUT2D eigenvalue weighted by molar-refractivity contribution is 0.0945. The molecule has 104 valence electrons. The topological polar surface area (TPSA) is 74.8 Å². The lowest BCUT2D eigenvalue weighted by Crippen LogP contribution is -2.26. The summed E-state index contributed by atoms with van der Waals surface area (Å²) in [5.74, 6) is 0.729. The van der Waals surface area contributed by atoms with Gasteiger partial charge in [0.05, 0.1) is 5.75 Å². The van der Waals surface area contributed by atoms with Crippen molar-refractivity contribution < 1.29 is 4.79 Å². The van der Waals surface area contributed by atoms with Crippen LogP contribution in [0.2, 0.25) is 0 Å². The summed E-state index contributed by atoms with van der Waals surface area (Å²) in [6.07, 6.45) is 1.90. The van der Waals surface area contributed by atoms with Crippen molar-refractivity contribution in [3.8, 4) is 0 Å². The molecule has 1 amide bonds. The Balaban J connectivity index is 2.07. The standard InChI is InChI=1S/C14H15N3O2S/c1-20-9-12-16-11(7-13(18)17-12)14(19)15-8-10-5-3-2-4-6-10/h2-7H,8-9H2,1H3,(H,15,19)(H,16,17,18). The van der Waals surface area contributed by atoms with Gasteiger partial charge in [0.25, 0.3) is 11.5 Å². The molecule has 0 fully saturated rings. The number of hydrogen-bond donors (Lipinski definition) is 2. The van der Waals surface area contributed by atoms with Crippen molar-refractivity contribution >= 4 is 17.7 Å². The molecule has 2 N–H and O–H groups in total. The molecule has 0 radical (unpaired) electrons. The van der Waals surface area contributed by atoms with Crippen LogP contribution in [0.1, 0.15) is 21.9 Å². The Morgan fingerprint density at radius 2 is 2.10 bits per heavy atom. The Labute approximate surface area is 120 Å². The van der Waals surface area contributed by atoms with Gasteiger partial charge in [0.2, 0.25) is 0 Å². The Bertz CT molecular complexity index is 640. The molecule has 0 aliphatic carbocycles. The van der Waals surface area contributed by atoms with Gasteiger partial charge in [0, 0.05) is 12.6 Å². The number of rotatable bonds is 5. The molecular weight excluding hydrogens is 274 g/mol. The molecule has 0 spiro atoms. The quantitative estimate of drug-likeness (QED) is 0.876. The summed E-state index contributed by atoms with van der Waals surface area (Å²) in [4.78, 5) is 30.2. The summed E-state index contributed by atoms with van der Waals surface area (Å²) in [5.41, 5.74) is 0.831. The van der Waals surface area contributed by atoms with Gasteiger partial charge in [-0.2, -0.15) is 11.8 Å². The Kier molecular flexibility index (Phi) is 4.95. The summed E-state index contributed by atoms with van der Waals surface area (Å²) in [7, 11) is 0. The molecule has 1 aromatic carbocycles. The Morgan fingerprint density at radius 1 is 1.35 bits per heavy atom. The zero-order valence-corrected chi connectivity index (χ0v) is 11.9. The second kappa shape index (κ2) is 6.91. The van der Waals surface area contributed by atoms with E-state index < -0.39 is 0 Å². The second-order valence-corrected chi connectivity index (χ2v) is 5.04. The molecule has 0 aliphatic heterocycles. The summed E-state index contributed by atoms with van der Waals surface area (Å²) >= 11 is 1.53. The number of carbonyl (C=O) groups excluding carboxylic acids is 1. The SMILES string of the molecule is CSCc1nc(C(=O)NCc2ccccc2)cc(=O)[nH]1. The van der Waals surface area contributed by atoms with Crippen LogP contribution < -0.4 is 10.9 Å². The third kappa shape index (κ3) is 3.96. The predicted octanol–water partition coefficient (Wildman–Crippen LogP) is 1.56. The first-order chi connectivity index (χ1) is 9.69. The smallest absolute Gasteiger partial charge is 0.270 e. The first kappa shape index (κ1) is 14.3. The number of aromatic amines is 1. The zero-order valence-electron chi connectivity index (χ0n) is 11.1. The fourth-order valence-corrected chi connectivity index (χ4v) is 2.11. The van der Waals surface area contributed by atoms with Gasteiger partial charge in [0.15, 0.2) is 0 Å². The van der Waals surface area contributed by atoms with Gasteiger partial charge in [-0.05, 0) is 11.8 Å². The van der Waals surface area contributed by atoms with E-state index in [-0.39, 0.29) is 17.2 Å². The molecule has 1 heterocycles. The molecule has 0 atom stereocenters. The van der Waals surface area contributed by atoms with Crippen LogP contribution in [0.25, 0.3) is 0 Å². The molecule has 2 aromatic rings. The maximum Gasteiger partial charge on any atom is 0.270 e. The summed E-state index contributed by atoms with van der Waals surface area (Å²) in [6.45, 7) is 0.409. The number of benzene rings is 1. The van der Waals surface area contributed by atoms with E-state index in [1.807, 2.05) is 36.6 Å². The van der Waals surface area contributed by atoms with Crippen molar-refractivity contribution in [2.24, 2.45) is 0 Å². The number of aromatic nitrogens is 2. The minimum Gasteiger partial charge on any atom is -0.347 e. The predicted molar refractivity (Wildman–Crippen MR) is 79.7 cm³/mol. The van der Waals surface area contributed by atoms with E-state index in [2.05, 4.69) is 15.3 Å². The first-order valence-corrected chi connectivity index (χ1v) is 7.49. The molecule has 2 rings (SSSR count). The zero-order chi connectivity index (χ0) is 14.4. The van der Waals surface area contributed by atoms with Crippen LogP contribution in [0.4, 0.5) is 0 Å². The molecule has 0 saturated carbocycles. The van der Waals surface area contributed by atoms with E-state index in [4.69, 9.17) is 0 Å². The number of nitrogens with zero attached hydrogens (tertiary/aromatic N) is 1. The van der Waals surface area contributed by atoms with Crippen LogP contribution in [-0.4, -0.2) is 22.1 Å². The minimum atomic E-state index is -0.345. The van der Waals surface area contributed by atoms with Gasteiger partial charge in [0.1, 0.15) is 11.5 Å². The van der Waals surface area contributed by atoms with E-state index >= 15 is 0 Å². The highest BCUT2D eigenvalue weighted by Crippen LogP contribution is 2.03. The molecule has 1 aromatic heterocycles. The maximum atomic E-state index is 12.0. The molecule has 0 saturated heterocycles. The number of H-pyrrole nitrogens is 1. The molecule has 0 bridgehead atoms. The number of amides is 1. The molecule has 6 heteroatoms. The van der Waals surface area contributed by atoms with Gasteiger partial charge in [-0.3, -0.25) is 9.59 Å². The highest BCUT2D eigenvalue weighted by atomic mass is 32.2. The average Bonchev–Trinajstić information content (AvgIpc) is 2.45. The summed E-state index contributed by atoms with van der Waals surface area (Å²) in [6, 6.07) is 10.8. The van der Waals surface area contributed by atoms with Crippen molar-refractivity contribution in [3.05, 3.63) is 63.8 Å². The van der Waals surface area contributed by atoms with Gasteiger partial charge < -0.3 is 10.3 Å². The van der Waals surface area contributed by atoms with Gasteiger partial charge in [-0.15, -0.1) is 0 Å². The van der Waals surface area contributed by atoms with Crippen LogP contribution in [0, 0.1) is 0 Å².